The van der Waals surface area contributed by atoms with E-state index in [0.717, 1.165) is 18.6 Å². The second-order valence-corrected chi connectivity index (χ2v) is 6.37. The highest BCUT2D eigenvalue weighted by Gasteiger charge is 2.26. The van der Waals surface area contributed by atoms with Crippen LogP contribution in [0.3, 0.4) is 0 Å². The third-order valence-electron chi connectivity index (χ3n) is 4.36. The Balaban J connectivity index is 1.62. The van der Waals surface area contributed by atoms with Gasteiger partial charge < -0.3 is 14.6 Å². The number of aromatic amines is 2. The third kappa shape index (κ3) is 4.17. The molecule has 1 amide bonds. The number of hydrogen-bond donors (Lipinski definition) is 2. The normalized spacial score (nSPS) is 17.3. The molecule has 1 aromatic heterocycles. The fourth-order valence-corrected chi connectivity index (χ4v) is 2.97. The van der Waals surface area contributed by atoms with Gasteiger partial charge in [0.15, 0.2) is 0 Å². The van der Waals surface area contributed by atoms with Crippen LogP contribution in [0.15, 0.2) is 40.1 Å². The lowest BCUT2D eigenvalue weighted by molar-refractivity contribution is 0.0631. The highest BCUT2D eigenvalue weighted by atomic mass is 16.5. The summed E-state index contributed by atoms with van der Waals surface area (Å²) in [5.41, 5.74) is -0.149. The first-order valence-electron chi connectivity index (χ1n) is 8.33. The van der Waals surface area contributed by atoms with E-state index >= 15 is 0 Å². The van der Waals surface area contributed by atoms with Gasteiger partial charge in [0.25, 0.3) is 11.5 Å². The van der Waals surface area contributed by atoms with Gasteiger partial charge in [0, 0.05) is 25.2 Å². The van der Waals surface area contributed by atoms with Crippen LogP contribution in [-0.2, 0) is 0 Å². The number of carbonyl (C=O) groups excluding carboxylic acids is 1. The van der Waals surface area contributed by atoms with E-state index in [-0.39, 0.29) is 17.4 Å². The predicted molar refractivity (Wildman–Crippen MR) is 93.0 cm³/mol. The quantitative estimate of drug-likeness (QED) is 0.875. The molecule has 1 atom stereocenters. The summed E-state index contributed by atoms with van der Waals surface area (Å²) in [6.07, 6.45) is 3.00. The van der Waals surface area contributed by atoms with E-state index in [9.17, 15) is 14.4 Å². The fraction of sp³-hybridized carbons (Fsp3) is 0.389. The number of likely N-dealkylation sites (tertiary alicyclic amines) is 1. The van der Waals surface area contributed by atoms with Crippen molar-refractivity contribution in [3.8, 4) is 5.75 Å². The predicted octanol–water partition coefficient (Wildman–Crippen LogP) is 1.30. The molecule has 25 heavy (non-hydrogen) atoms. The summed E-state index contributed by atoms with van der Waals surface area (Å²) >= 11 is 0. The molecule has 0 saturated carbocycles. The Hall–Kier alpha value is -2.83. The first-order valence-corrected chi connectivity index (χ1v) is 8.33. The third-order valence-corrected chi connectivity index (χ3v) is 4.36. The van der Waals surface area contributed by atoms with Crippen molar-refractivity contribution in [1.82, 2.24) is 14.9 Å². The number of carbonyl (C=O) groups is 1. The SMILES string of the molecule is Cc1ccc(OC[C@H]2CCCN(C(=O)c3c[nH]c(=O)[nH]c3=O)C2)cc1. The molecule has 0 unspecified atom stereocenters. The lowest BCUT2D eigenvalue weighted by Crippen LogP contribution is -2.44. The van der Waals surface area contributed by atoms with E-state index < -0.39 is 11.2 Å². The van der Waals surface area contributed by atoms with Gasteiger partial charge in [-0.25, -0.2) is 4.79 Å². The van der Waals surface area contributed by atoms with E-state index in [4.69, 9.17) is 4.74 Å². The maximum atomic E-state index is 12.5. The monoisotopic (exact) mass is 343 g/mol. The number of nitrogens with zero attached hydrogens (tertiary/aromatic N) is 1. The van der Waals surface area contributed by atoms with Crippen molar-refractivity contribution >= 4 is 5.91 Å². The molecule has 0 spiro atoms. The zero-order valence-corrected chi connectivity index (χ0v) is 14.1. The van der Waals surface area contributed by atoms with Crippen LogP contribution in [0.4, 0.5) is 0 Å². The number of H-pyrrole nitrogens is 2. The van der Waals surface area contributed by atoms with Gasteiger partial charge in [-0.1, -0.05) is 17.7 Å². The minimum atomic E-state index is -0.660. The lowest BCUT2D eigenvalue weighted by atomic mass is 9.98. The van der Waals surface area contributed by atoms with Gasteiger partial charge in [-0.05, 0) is 31.9 Å². The molecule has 2 aromatic rings. The smallest absolute Gasteiger partial charge is 0.325 e. The molecular weight excluding hydrogens is 322 g/mol. The fourth-order valence-electron chi connectivity index (χ4n) is 2.97. The second-order valence-electron chi connectivity index (χ2n) is 6.37. The maximum Gasteiger partial charge on any atom is 0.325 e. The number of nitrogens with one attached hydrogen (secondary N) is 2. The van der Waals surface area contributed by atoms with Gasteiger partial charge in [-0.3, -0.25) is 14.6 Å². The van der Waals surface area contributed by atoms with Crippen LogP contribution in [0.5, 0.6) is 5.75 Å². The van der Waals surface area contributed by atoms with Gasteiger partial charge in [-0.15, -0.1) is 0 Å². The molecule has 7 nitrogen and oxygen atoms in total. The van der Waals surface area contributed by atoms with Crippen LogP contribution < -0.4 is 16.0 Å². The molecule has 1 aliphatic heterocycles. The van der Waals surface area contributed by atoms with Gasteiger partial charge in [0.1, 0.15) is 11.3 Å². The molecule has 2 heterocycles. The lowest BCUT2D eigenvalue weighted by Gasteiger charge is -2.32. The number of piperidine rings is 1. The number of aryl methyl sites for hydroxylation is 1. The second kappa shape index (κ2) is 7.38. The number of amides is 1. The van der Waals surface area contributed by atoms with Crippen molar-refractivity contribution in [3.05, 3.63) is 62.4 Å². The Morgan fingerprint density at radius 2 is 2.04 bits per heavy atom. The Morgan fingerprint density at radius 3 is 2.76 bits per heavy atom. The Morgan fingerprint density at radius 1 is 1.28 bits per heavy atom. The number of rotatable bonds is 4. The Kier molecular flexibility index (Phi) is 5.02. The summed E-state index contributed by atoms with van der Waals surface area (Å²) in [7, 11) is 0. The van der Waals surface area contributed by atoms with Crippen molar-refractivity contribution in [2.75, 3.05) is 19.7 Å². The summed E-state index contributed by atoms with van der Waals surface area (Å²) in [5.74, 6) is 0.657. The molecule has 1 aromatic carbocycles. The summed E-state index contributed by atoms with van der Waals surface area (Å²) in [6.45, 7) is 3.67. The summed E-state index contributed by atoms with van der Waals surface area (Å²) in [5, 5.41) is 0. The molecule has 1 fully saturated rings. The Bertz CT molecular complexity index is 854. The van der Waals surface area contributed by atoms with Crippen LogP contribution >= 0.6 is 0 Å². The van der Waals surface area contributed by atoms with E-state index in [1.807, 2.05) is 31.2 Å². The molecule has 2 N–H and O–H groups in total. The standard InChI is InChI=1S/C18H21N3O4/c1-12-4-6-14(7-5-12)25-11-13-3-2-8-21(10-13)17(23)15-9-19-18(24)20-16(15)22/h4-7,9,13H,2-3,8,10-11H2,1H3,(H2,19,20,22,24)/t13-/m0/s1. The maximum absolute atomic E-state index is 12.5. The molecule has 0 aliphatic carbocycles. The number of ether oxygens (including phenoxy) is 1. The van der Waals surface area contributed by atoms with Crippen LogP contribution in [0.25, 0.3) is 0 Å². The average molecular weight is 343 g/mol. The van der Waals surface area contributed by atoms with Crippen LogP contribution in [0, 0.1) is 12.8 Å². The highest BCUT2D eigenvalue weighted by molar-refractivity contribution is 5.93. The van der Waals surface area contributed by atoms with Crippen LogP contribution in [0.1, 0.15) is 28.8 Å². The van der Waals surface area contributed by atoms with Crippen LogP contribution in [-0.4, -0.2) is 40.5 Å². The summed E-state index contributed by atoms with van der Waals surface area (Å²) in [6, 6.07) is 7.85. The molecule has 3 rings (SSSR count). The minimum Gasteiger partial charge on any atom is -0.493 e. The Labute approximate surface area is 144 Å². The largest absolute Gasteiger partial charge is 0.493 e. The molecule has 0 bridgehead atoms. The topological polar surface area (TPSA) is 95.3 Å². The van der Waals surface area contributed by atoms with E-state index in [0.29, 0.717) is 19.7 Å². The highest BCUT2D eigenvalue weighted by Crippen LogP contribution is 2.20. The minimum absolute atomic E-state index is 0.0419. The zero-order chi connectivity index (χ0) is 17.8. The molecule has 132 valence electrons. The zero-order valence-electron chi connectivity index (χ0n) is 14.1. The molecule has 1 saturated heterocycles. The number of hydrogen-bond acceptors (Lipinski definition) is 4. The van der Waals surface area contributed by atoms with Crippen molar-refractivity contribution in [2.24, 2.45) is 5.92 Å². The van der Waals surface area contributed by atoms with E-state index in [2.05, 4.69) is 9.97 Å². The average Bonchev–Trinajstić information content (AvgIpc) is 2.61. The van der Waals surface area contributed by atoms with Gasteiger partial charge >= 0.3 is 5.69 Å². The first kappa shape index (κ1) is 17.0. The van der Waals surface area contributed by atoms with Gasteiger partial charge in [-0.2, -0.15) is 0 Å². The van der Waals surface area contributed by atoms with E-state index in [1.165, 1.54) is 11.8 Å². The van der Waals surface area contributed by atoms with Crippen LogP contribution in [0.2, 0.25) is 0 Å². The first-order chi connectivity index (χ1) is 12.0. The van der Waals surface area contributed by atoms with Gasteiger partial charge in [0.05, 0.1) is 6.61 Å². The number of benzene rings is 1. The molecular formula is C18H21N3O4. The molecule has 7 heteroatoms. The van der Waals surface area contributed by atoms with Crippen molar-refractivity contribution < 1.29 is 9.53 Å². The van der Waals surface area contributed by atoms with Crippen molar-refractivity contribution in [3.63, 3.8) is 0 Å². The summed E-state index contributed by atoms with van der Waals surface area (Å²) in [4.78, 5) is 41.5. The molecule has 0 radical (unpaired) electrons. The summed E-state index contributed by atoms with van der Waals surface area (Å²) < 4.78 is 5.82. The van der Waals surface area contributed by atoms with Crippen molar-refractivity contribution in [2.45, 2.75) is 19.8 Å². The van der Waals surface area contributed by atoms with Crippen molar-refractivity contribution in [1.29, 1.82) is 0 Å². The molecule has 1 aliphatic rings. The number of aromatic nitrogens is 2. The van der Waals surface area contributed by atoms with Gasteiger partial charge in [0.2, 0.25) is 0 Å². The van der Waals surface area contributed by atoms with E-state index in [1.54, 1.807) is 4.90 Å².